The maximum Gasteiger partial charge on any atom is 0.254 e. The Bertz CT molecular complexity index is 1640. The first kappa shape index (κ1) is 26.3. The summed E-state index contributed by atoms with van der Waals surface area (Å²) in [5, 5.41) is 12.9. The van der Waals surface area contributed by atoms with Gasteiger partial charge in [0.25, 0.3) is 5.91 Å². The topological polar surface area (TPSA) is 103 Å². The van der Waals surface area contributed by atoms with Crippen LogP contribution in [0.3, 0.4) is 0 Å². The molecule has 0 unspecified atom stereocenters. The Morgan fingerprint density at radius 1 is 1.10 bits per heavy atom. The average molecular weight is 538 g/mol. The van der Waals surface area contributed by atoms with Crippen molar-refractivity contribution in [1.29, 1.82) is 5.26 Å². The van der Waals surface area contributed by atoms with Gasteiger partial charge in [-0.3, -0.25) is 4.79 Å². The molecule has 0 fully saturated rings. The van der Waals surface area contributed by atoms with Gasteiger partial charge >= 0.3 is 0 Å². The monoisotopic (exact) mass is 537 g/mol. The van der Waals surface area contributed by atoms with Crippen molar-refractivity contribution >= 4 is 12.0 Å². The molecule has 3 aromatic carbocycles. The Labute approximate surface area is 230 Å². The molecule has 8 nitrogen and oxygen atoms in total. The van der Waals surface area contributed by atoms with E-state index < -0.39 is 11.7 Å². The van der Waals surface area contributed by atoms with Crippen LogP contribution in [0.15, 0.2) is 72.8 Å². The number of nitrogens with zero attached hydrogens (tertiary/aromatic N) is 2. The molecule has 1 amide bonds. The zero-order valence-electron chi connectivity index (χ0n) is 21.7. The van der Waals surface area contributed by atoms with Crippen LogP contribution in [-0.2, 0) is 0 Å². The maximum atomic E-state index is 14.0. The SMILES string of the molecule is COc1ccc(-c2c(C#N)c(Oc3ccc4c(c3)OCO4)nc(C)c2C=CCNC(=O)c2ccccc2F)cc1. The van der Waals surface area contributed by atoms with E-state index in [4.69, 9.17) is 18.9 Å². The summed E-state index contributed by atoms with van der Waals surface area (Å²) in [4.78, 5) is 17.0. The number of nitriles is 1. The maximum absolute atomic E-state index is 14.0. The van der Waals surface area contributed by atoms with Crippen LogP contribution < -0.4 is 24.3 Å². The summed E-state index contributed by atoms with van der Waals surface area (Å²) in [6, 6.07) is 20.4. The number of hydrogen-bond acceptors (Lipinski definition) is 7. The highest BCUT2D eigenvalue weighted by atomic mass is 19.1. The molecule has 1 aromatic heterocycles. The summed E-state index contributed by atoms with van der Waals surface area (Å²) in [7, 11) is 1.58. The van der Waals surface area contributed by atoms with Gasteiger partial charge in [0.1, 0.15) is 28.9 Å². The molecular formula is C31H24FN3O5. The largest absolute Gasteiger partial charge is 0.497 e. The smallest absolute Gasteiger partial charge is 0.254 e. The van der Waals surface area contributed by atoms with Crippen molar-refractivity contribution in [3.05, 3.63) is 101 Å². The summed E-state index contributed by atoms with van der Waals surface area (Å²) in [6.07, 6.45) is 3.49. The number of aryl methyl sites for hydroxylation is 1. The first-order valence-electron chi connectivity index (χ1n) is 12.3. The minimum atomic E-state index is -0.595. The third-order valence-electron chi connectivity index (χ3n) is 6.22. The van der Waals surface area contributed by atoms with Crippen LogP contribution in [0.4, 0.5) is 4.39 Å². The number of fused-ring (bicyclic) bond motifs is 1. The minimum Gasteiger partial charge on any atom is -0.497 e. The number of hydrogen-bond donors (Lipinski definition) is 1. The molecule has 1 N–H and O–H groups in total. The number of benzene rings is 3. The Kier molecular flexibility index (Phi) is 7.60. The van der Waals surface area contributed by atoms with Crippen molar-refractivity contribution in [3.8, 4) is 46.1 Å². The predicted molar refractivity (Wildman–Crippen MR) is 146 cm³/mol. The van der Waals surface area contributed by atoms with E-state index >= 15 is 0 Å². The molecular weight excluding hydrogens is 513 g/mol. The molecule has 0 atom stereocenters. The molecule has 1 aliphatic rings. The molecule has 0 aliphatic carbocycles. The molecule has 2 heterocycles. The summed E-state index contributed by atoms with van der Waals surface area (Å²) >= 11 is 0. The lowest BCUT2D eigenvalue weighted by Gasteiger charge is -2.16. The summed E-state index contributed by atoms with van der Waals surface area (Å²) in [5.41, 5.74) is 2.79. The van der Waals surface area contributed by atoms with Crippen LogP contribution in [0.5, 0.6) is 28.9 Å². The molecule has 9 heteroatoms. The molecule has 0 saturated heterocycles. The molecule has 4 aromatic rings. The van der Waals surface area contributed by atoms with E-state index in [1.165, 1.54) is 18.2 Å². The van der Waals surface area contributed by atoms with E-state index in [0.29, 0.717) is 39.8 Å². The highest BCUT2D eigenvalue weighted by molar-refractivity contribution is 5.94. The molecule has 1 aliphatic heterocycles. The molecule has 0 bridgehead atoms. The zero-order chi connectivity index (χ0) is 28.1. The summed E-state index contributed by atoms with van der Waals surface area (Å²) in [6.45, 7) is 2.06. The van der Waals surface area contributed by atoms with Gasteiger partial charge in [0, 0.05) is 29.4 Å². The molecule has 40 heavy (non-hydrogen) atoms. The van der Waals surface area contributed by atoms with Crippen LogP contribution in [0.1, 0.15) is 27.2 Å². The highest BCUT2D eigenvalue weighted by Gasteiger charge is 2.21. The number of nitrogens with one attached hydrogen (secondary N) is 1. The Morgan fingerprint density at radius 2 is 1.85 bits per heavy atom. The number of carbonyl (C=O) groups excluding carboxylic acids is 1. The molecule has 0 saturated carbocycles. The van der Waals surface area contributed by atoms with Gasteiger partial charge in [0.2, 0.25) is 12.7 Å². The van der Waals surface area contributed by atoms with Gasteiger partial charge in [-0.2, -0.15) is 5.26 Å². The second kappa shape index (κ2) is 11.6. The normalized spacial score (nSPS) is 11.8. The van der Waals surface area contributed by atoms with Gasteiger partial charge in [0.05, 0.1) is 12.7 Å². The molecule has 0 spiro atoms. The van der Waals surface area contributed by atoms with Crippen LogP contribution in [0.25, 0.3) is 17.2 Å². The van der Waals surface area contributed by atoms with Crippen molar-refractivity contribution in [2.24, 2.45) is 0 Å². The van der Waals surface area contributed by atoms with Crippen molar-refractivity contribution < 1.29 is 28.1 Å². The summed E-state index contributed by atoms with van der Waals surface area (Å²) in [5.74, 6) is 1.26. The fourth-order valence-electron chi connectivity index (χ4n) is 4.25. The van der Waals surface area contributed by atoms with Gasteiger partial charge in [-0.1, -0.05) is 36.4 Å². The third-order valence-corrected chi connectivity index (χ3v) is 6.22. The van der Waals surface area contributed by atoms with Gasteiger partial charge in [-0.05, 0) is 48.9 Å². The molecule has 0 radical (unpaired) electrons. The van der Waals surface area contributed by atoms with E-state index in [1.807, 2.05) is 12.1 Å². The Hall–Kier alpha value is -5.36. The number of carbonyl (C=O) groups is 1. The first-order valence-corrected chi connectivity index (χ1v) is 12.3. The Balaban J connectivity index is 1.49. The van der Waals surface area contributed by atoms with E-state index in [0.717, 1.165) is 5.56 Å². The second-order valence-electron chi connectivity index (χ2n) is 8.72. The predicted octanol–water partition coefficient (Wildman–Crippen LogP) is 6.04. The molecule has 5 rings (SSSR count). The van der Waals surface area contributed by atoms with Gasteiger partial charge in [-0.15, -0.1) is 0 Å². The molecule has 200 valence electrons. The lowest BCUT2D eigenvalue weighted by atomic mass is 9.94. The lowest BCUT2D eigenvalue weighted by molar-refractivity contribution is 0.0954. The number of amides is 1. The van der Waals surface area contributed by atoms with Crippen molar-refractivity contribution in [1.82, 2.24) is 10.3 Å². The quantitative estimate of drug-likeness (QED) is 0.292. The van der Waals surface area contributed by atoms with Crippen LogP contribution in [-0.4, -0.2) is 31.3 Å². The highest BCUT2D eigenvalue weighted by Crippen LogP contribution is 2.40. The van der Waals surface area contributed by atoms with Crippen LogP contribution >= 0.6 is 0 Å². The standard InChI is InChI=1S/C31H24FN3O5/c1-19-23(7-5-15-34-30(36)24-6-3-4-8-26(24)32)29(20-9-11-21(37-2)12-10-20)25(17-33)31(35-19)40-22-13-14-27-28(16-22)39-18-38-27/h3-14,16H,15,18H2,1-2H3,(H,34,36). The van der Waals surface area contributed by atoms with E-state index in [2.05, 4.69) is 16.4 Å². The fourth-order valence-corrected chi connectivity index (χ4v) is 4.25. The lowest BCUT2D eigenvalue weighted by Crippen LogP contribution is -2.24. The number of pyridine rings is 1. The van der Waals surface area contributed by atoms with Gasteiger partial charge in [0.15, 0.2) is 11.5 Å². The average Bonchev–Trinajstić information content (AvgIpc) is 3.44. The van der Waals surface area contributed by atoms with Crippen molar-refractivity contribution in [3.63, 3.8) is 0 Å². The first-order chi connectivity index (χ1) is 19.5. The van der Waals surface area contributed by atoms with E-state index in [-0.39, 0.29) is 30.3 Å². The number of ether oxygens (including phenoxy) is 4. The zero-order valence-corrected chi connectivity index (χ0v) is 21.7. The van der Waals surface area contributed by atoms with Crippen molar-refractivity contribution in [2.45, 2.75) is 6.92 Å². The van der Waals surface area contributed by atoms with Gasteiger partial charge in [-0.25, -0.2) is 9.37 Å². The van der Waals surface area contributed by atoms with Gasteiger partial charge < -0.3 is 24.3 Å². The van der Waals surface area contributed by atoms with E-state index in [9.17, 15) is 14.4 Å². The number of rotatable bonds is 8. The second-order valence-corrected chi connectivity index (χ2v) is 8.72. The van der Waals surface area contributed by atoms with Crippen LogP contribution in [0.2, 0.25) is 0 Å². The number of aromatic nitrogens is 1. The van der Waals surface area contributed by atoms with Crippen molar-refractivity contribution in [2.75, 3.05) is 20.4 Å². The van der Waals surface area contributed by atoms with E-state index in [1.54, 1.807) is 62.6 Å². The Morgan fingerprint density at radius 3 is 2.60 bits per heavy atom. The fraction of sp³-hybridized carbons (Fsp3) is 0.129. The number of methoxy groups -OCH3 is 1. The van der Waals surface area contributed by atoms with Crippen LogP contribution in [0, 0.1) is 24.1 Å². The third kappa shape index (κ3) is 5.42. The minimum absolute atomic E-state index is 0.0375. The number of halogens is 1. The summed E-state index contributed by atoms with van der Waals surface area (Å²) < 4.78 is 36.1.